The van der Waals surface area contributed by atoms with Gasteiger partial charge in [-0.05, 0) is 20.8 Å². The molecule has 2 rings (SSSR count). The molecule has 8 nitrogen and oxygen atoms in total. The second kappa shape index (κ2) is 5.68. The van der Waals surface area contributed by atoms with Gasteiger partial charge in [-0.1, -0.05) is 0 Å². The number of fused-ring (bicyclic) bond motifs is 1. The number of carbonyl (C=O) groups excluding carboxylic acids is 1. The summed E-state index contributed by atoms with van der Waals surface area (Å²) in [6.07, 6.45) is -0.138. The van der Waals surface area contributed by atoms with Gasteiger partial charge >= 0.3 is 11.8 Å². The van der Waals surface area contributed by atoms with Crippen LogP contribution in [0.4, 0.5) is 10.6 Å². The van der Waals surface area contributed by atoms with Gasteiger partial charge in [-0.3, -0.25) is 13.9 Å². The molecule has 0 atom stereocenters. The van der Waals surface area contributed by atoms with E-state index in [0.717, 1.165) is 4.57 Å². The maximum atomic E-state index is 12.2. The van der Waals surface area contributed by atoms with Crippen molar-refractivity contribution in [3.05, 3.63) is 26.4 Å². The number of hydrogen-bond donors (Lipinski definition) is 0. The number of aromatic nitrogens is 2. The van der Waals surface area contributed by atoms with E-state index in [0.29, 0.717) is 23.5 Å². The molecule has 0 radical (unpaired) electrons. The van der Waals surface area contributed by atoms with Crippen LogP contribution in [0.2, 0.25) is 0 Å². The van der Waals surface area contributed by atoms with E-state index in [2.05, 4.69) is 4.99 Å². The minimum absolute atomic E-state index is 0.237. The zero-order valence-corrected chi connectivity index (χ0v) is 14.3. The lowest BCUT2D eigenvalue weighted by Gasteiger charge is -2.24. The minimum Gasteiger partial charge on any atom is -0.444 e. The lowest BCUT2D eigenvalue weighted by Crippen LogP contribution is -2.39. The van der Waals surface area contributed by atoms with Gasteiger partial charge in [0.1, 0.15) is 11.4 Å². The number of rotatable bonds is 2. The Balaban J connectivity index is 2.21. The molecular weight excluding hydrogens is 300 g/mol. The molecule has 126 valence electrons. The summed E-state index contributed by atoms with van der Waals surface area (Å²) in [5.41, 5.74) is -0.221. The Bertz CT molecular complexity index is 795. The van der Waals surface area contributed by atoms with Crippen molar-refractivity contribution in [3.63, 3.8) is 0 Å². The van der Waals surface area contributed by atoms with Crippen molar-refractivity contribution in [2.45, 2.75) is 32.8 Å². The predicted molar refractivity (Wildman–Crippen MR) is 86.6 cm³/mol. The maximum absolute atomic E-state index is 12.2. The fraction of sp³-hybridized carbons (Fsp3) is 0.600. The smallest absolute Gasteiger partial charge is 0.410 e. The highest BCUT2D eigenvalue weighted by Gasteiger charge is 2.26. The van der Waals surface area contributed by atoms with Crippen LogP contribution in [-0.2, 0) is 25.3 Å². The maximum Gasteiger partial charge on any atom is 0.410 e. The molecule has 1 aliphatic heterocycles. The predicted octanol–water partition coefficient (Wildman–Crippen LogP) is 0.579. The van der Waals surface area contributed by atoms with Gasteiger partial charge in [-0.2, -0.15) is 0 Å². The van der Waals surface area contributed by atoms with Crippen LogP contribution in [0, 0.1) is 0 Å². The summed E-state index contributed by atoms with van der Waals surface area (Å²) in [5, 5.41) is 0. The second-order valence-corrected chi connectivity index (χ2v) is 6.70. The average Bonchev–Trinajstić information content (AvgIpc) is 2.85. The van der Waals surface area contributed by atoms with Gasteiger partial charge in [0.05, 0.1) is 12.1 Å². The van der Waals surface area contributed by atoms with Crippen LogP contribution >= 0.6 is 0 Å². The molecule has 0 aromatic carbocycles. The summed E-state index contributed by atoms with van der Waals surface area (Å²) in [6, 6.07) is 0. The van der Waals surface area contributed by atoms with Gasteiger partial charge in [0.2, 0.25) is 0 Å². The van der Waals surface area contributed by atoms with E-state index in [-0.39, 0.29) is 12.1 Å². The summed E-state index contributed by atoms with van der Waals surface area (Å²) in [7, 11) is 4.62. The van der Waals surface area contributed by atoms with Gasteiger partial charge in [0, 0.05) is 33.3 Å². The molecule has 0 fully saturated rings. The zero-order chi connectivity index (χ0) is 17.5. The Morgan fingerprint density at radius 2 is 1.87 bits per heavy atom. The highest BCUT2D eigenvalue weighted by Crippen LogP contribution is 2.21. The Labute approximate surface area is 134 Å². The van der Waals surface area contributed by atoms with Gasteiger partial charge < -0.3 is 9.64 Å². The third-order valence-corrected chi connectivity index (χ3v) is 3.49. The Kier molecular flexibility index (Phi) is 4.19. The zero-order valence-electron chi connectivity index (χ0n) is 14.3. The number of carbonyl (C=O) groups is 1. The summed E-state index contributed by atoms with van der Waals surface area (Å²) in [4.78, 5) is 41.8. The highest BCUT2D eigenvalue weighted by molar-refractivity contribution is 5.96. The molecule has 0 aliphatic carbocycles. The molecule has 0 bridgehead atoms. The van der Waals surface area contributed by atoms with E-state index in [1.54, 1.807) is 34.9 Å². The van der Waals surface area contributed by atoms with Crippen LogP contribution < -0.4 is 11.2 Å². The van der Waals surface area contributed by atoms with Crippen LogP contribution in [0.3, 0.4) is 0 Å². The third kappa shape index (κ3) is 3.35. The third-order valence-electron chi connectivity index (χ3n) is 3.49. The van der Waals surface area contributed by atoms with Crippen LogP contribution in [-0.4, -0.2) is 45.0 Å². The molecule has 0 spiro atoms. The first-order valence-electron chi connectivity index (χ1n) is 7.30. The quantitative estimate of drug-likeness (QED) is 0.797. The van der Waals surface area contributed by atoms with Crippen LogP contribution in [0.25, 0.3) is 0 Å². The van der Waals surface area contributed by atoms with Crippen molar-refractivity contribution >= 4 is 17.6 Å². The van der Waals surface area contributed by atoms with Crippen molar-refractivity contribution in [2.24, 2.45) is 19.1 Å². The van der Waals surface area contributed by atoms with E-state index in [1.165, 1.54) is 16.5 Å². The Morgan fingerprint density at radius 3 is 2.43 bits per heavy atom. The SMILES string of the molecule is CN(CC1=Nc2c(c(=O)n(C)c(=O)n2C)C1)C(=O)OC(C)(C)C. The normalized spacial score (nSPS) is 13.6. The largest absolute Gasteiger partial charge is 0.444 e. The Hall–Kier alpha value is -2.38. The number of aliphatic imine (C=N–C) groups is 1. The van der Waals surface area contributed by atoms with Crippen molar-refractivity contribution in [1.82, 2.24) is 14.0 Å². The second-order valence-electron chi connectivity index (χ2n) is 6.70. The Morgan fingerprint density at radius 1 is 1.26 bits per heavy atom. The first kappa shape index (κ1) is 17.0. The summed E-state index contributed by atoms with van der Waals surface area (Å²) in [6.45, 7) is 5.62. The lowest BCUT2D eigenvalue weighted by molar-refractivity contribution is 0.0323. The van der Waals surface area contributed by atoms with Crippen molar-refractivity contribution in [3.8, 4) is 0 Å². The van der Waals surface area contributed by atoms with E-state index in [4.69, 9.17) is 4.74 Å². The molecule has 23 heavy (non-hydrogen) atoms. The van der Waals surface area contributed by atoms with Crippen LogP contribution in [0.5, 0.6) is 0 Å². The first-order chi connectivity index (χ1) is 10.5. The highest BCUT2D eigenvalue weighted by atomic mass is 16.6. The first-order valence-corrected chi connectivity index (χ1v) is 7.30. The van der Waals surface area contributed by atoms with E-state index in [9.17, 15) is 14.4 Å². The van der Waals surface area contributed by atoms with E-state index >= 15 is 0 Å². The fourth-order valence-electron chi connectivity index (χ4n) is 2.36. The van der Waals surface area contributed by atoms with Gasteiger partial charge in [-0.25, -0.2) is 14.6 Å². The lowest BCUT2D eigenvalue weighted by atomic mass is 10.2. The number of amides is 1. The minimum atomic E-state index is -0.578. The molecule has 0 saturated heterocycles. The molecular formula is C15H22N4O4. The van der Waals surface area contributed by atoms with Gasteiger partial charge in [-0.15, -0.1) is 0 Å². The summed E-state index contributed by atoms with van der Waals surface area (Å²) >= 11 is 0. The monoisotopic (exact) mass is 322 g/mol. The van der Waals surface area contributed by atoms with Gasteiger partial charge in [0.15, 0.2) is 0 Å². The summed E-state index contributed by atoms with van der Waals surface area (Å²) < 4.78 is 7.69. The van der Waals surface area contributed by atoms with Crippen molar-refractivity contribution in [1.29, 1.82) is 0 Å². The topological polar surface area (TPSA) is 85.9 Å². The van der Waals surface area contributed by atoms with Crippen LogP contribution in [0.15, 0.2) is 14.6 Å². The molecule has 0 unspecified atom stereocenters. The van der Waals surface area contributed by atoms with Crippen LogP contribution in [0.1, 0.15) is 26.3 Å². The molecule has 1 aliphatic rings. The number of ether oxygens (including phenoxy) is 1. The molecule has 0 N–H and O–H groups in total. The van der Waals surface area contributed by atoms with E-state index in [1.807, 2.05) is 0 Å². The van der Waals surface area contributed by atoms with Gasteiger partial charge in [0.25, 0.3) is 5.56 Å². The fourth-order valence-corrected chi connectivity index (χ4v) is 2.36. The molecule has 0 saturated carbocycles. The molecule has 1 amide bonds. The van der Waals surface area contributed by atoms with Crippen molar-refractivity contribution < 1.29 is 9.53 Å². The standard InChI is InChI=1S/C15H22N4O4/c1-15(2,3)23-14(22)17(4)8-9-7-10-11(16-9)18(5)13(21)19(6)12(10)20/h7-8H2,1-6H3. The molecule has 1 aromatic rings. The van der Waals surface area contributed by atoms with E-state index < -0.39 is 17.4 Å². The number of hydrogen-bond acceptors (Lipinski definition) is 5. The molecule has 2 heterocycles. The summed E-state index contributed by atoms with van der Waals surface area (Å²) in [5.74, 6) is 0.366. The molecule has 1 aromatic heterocycles. The van der Waals surface area contributed by atoms with Crippen molar-refractivity contribution in [2.75, 3.05) is 13.6 Å². The molecule has 8 heteroatoms. The average molecular weight is 322 g/mol. The number of nitrogens with zero attached hydrogens (tertiary/aromatic N) is 4.